The molecule has 0 rings (SSSR count). The maximum atomic E-state index is 12.2. The van der Waals surface area contributed by atoms with E-state index in [2.05, 4.69) is 9.47 Å². The van der Waals surface area contributed by atoms with E-state index in [4.69, 9.17) is 4.74 Å². The van der Waals surface area contributed by atoms with Crippen molar-refractivity contribution >= 4 is 29.9 Å². The van der Waals surface area contributed by atoms with E-state index in [1.807, 2.05) is 34.6 Å². The van der Waals surface area contributed by atoms with Crippen molar-refractivity contribution in [2.24, 2.45) is 11.3 Å². The lowest BCUT2D eigenvalue weighted by molar-refractivity contribution is -0.165. The van der Waals surface area contributed by atoms with Gasteiger partial charge in [0.25, 0.3) is 0 Å². The molecule has 22 heavy (non-hydrogen) atoms. The van der Waals surface area contributed by atoms with E-state index >= 15 is 0 Å². The van der Waals surface area contributed by atoms with Crippen LogP contribution >= 0.6 is 11.8 Å². The molecule has 0 N–H and O–H groups in total. The molecule has 0 aromatic rings. The molecule has 0 bridgehead atoms. The summed E-state index contributed by atoms with van der Waals surface area (Å²) in [6.45, 7) is 11.1. The number of carbonyl (C=O) groups is 3. The average molecular weight is 334 g/mol. The second-order valence-corrected chi connectivity index (χ2v) is 8.37. The number of carbonyl (C=O) groups excluding carboxylic acids is 3. The minimum absolute atomic E-state index is 0.117. The Kier molecular flexibility index (Phi) is 7.93. The number of hydrogen-bond donors (Lipinski definition) is 0. The molecule has 0 saturated carbocycles. The minimum Gasteiger partial charge on any atom is -0.468 e. The monoisotopic (exact) mass is 334 g/mol. The van der Waals surface area contributed by atoms with Gasteiger partial charge in [-0.2, -0.15) is 11.8 Å². The molecule has 0 aliphatic carbocycles. The minimum atomic E-state index is -1.57. The summed E-state index contributed by atoms with van der Waals surface area (Å²) in [5, 5.41) is 0. The van der Waals surface area contributed by atoms with Crippen LogP contribution in [0.3, 0.4) is 0 Å². The molecule has 7 heteroatoms. The van der Waals surface area contributed by atoms with Crippen LogP contribution < -0.4 is 0 Å². The molecule has 1 unspecified atom stereocenters. The van der Waals surface area contributed by atoms with Crippen LogP contribution in [0.4, 0.5) is 4.79 Å². The first-order valence-corrected chi connectivity index (χ1v) is 8.02. The summed E-state index contributed by atoms with van der Waals surface area (Å²) in [6, 6.07) is 0. The molecule has 0 aromatic carbocycles. The summed E-state index contributed by atoms with van der Waals surface area (Å²) >= 11 is 1.40. The molecule has 0 spiro atoms. The zero-order valence-corrected chi connectivity index (χ0v) is 15.2. The van der Waals surface area contributed by atoms with Crippen LogP contribution in [0.25, 0.3) is 0 Å². The molecule has 0 fully saturated rings. The van der Waals surface area contributed by atoms with Crippen LogP contribution in [0.15, 0.2) is 0 Å². The normalized spacial score (nSPS) is 14.2. The van der Waals surface area contributed by atoms with Crippen molar-refractivity contribution < 1.29 is 28.6 Å². The van der Waals surface area contributed by atoms with Gasteiger partial charge in [-0.3, -0.25) is 9.59 Å². The lowest BCUT2D eigenvalue weighted by Gasteiger charge is -2.27. The Morgan fingerprint density at radius 3 is 2.00 bits per heavy atom. The third-order valence-electron chi connectivity index (χ3n) is 2.59. The van der Waals surface area contributed by atoms with Gasteiger partial charge in [-0.15, -0.1) is 0 Å². The summed E-state index contributed by atoms with van der Waals surface area (Å²) in [5.41, 5.74) is -1.57. The van der Waals surface area contributed by atoms with Gasteiger partial charge >= 0.3 is 18.1 Å². The molecule has 1 atom stereocenters. The number of rotatable bonds is 6. The number of esters is 2. The standard InChI is InChI=1S/C15H26O6S/c1-10(2)8-20-13(18)21-12(17)15(6,11(16)19-7)9-22-14(3,4)5/h10H,8-9H2,1-7H3. The zero-order chi connectivity index (χ0) is 17.6. The molecule has 0 saturated heterocycles. The van der Waals surface area contributed by atoms with Crippen molar-refractivity contribution in [1.82, 2.24) is 0 Å². The first-order chi connectivity index (χ1) is 9.92. The molecular formula is C15H26O6S. The van der Waals surface area contributed by atoms with E-state index in [0.717, 1.165) is 0 Å². The molecule has 128 valence electrons. The van der Waals surface area contributed by atoms with Gasteiger partial charge in [-0.1, -0.05) is 34.6 Å². The molecule has 0 radical (unpaired) electrons. The van der Waals surface area contributed by atoms with E-state index in [-0.39, 0.29) is 23.0 Å². The summed E-state index contributed by atoms with van der Waals surface area (Å²) in [5.74, 6) is -1.46. The third kappa shape index (κ3) is 7.15. The second kappa shape index (κ2) is 8.41. The maximum Gasteiger partial charge on any atom is 0.516 e. The topological polar surface area (TPSA) is 78.9 Å². The lowest BCUT2D eigenvalue weighted by Crippen LogP contribution is -2.43. The van der Waals surface area contributed by atoms with Crippen molar-refractivity contribution in [1.29, 1.82) is 0 Å². The van der Waals surface area contributed by atoms with E-state index in [0.29, 0.717) is 0 Å². The van der Waals surface area contributed by atoms with Crippen LogP contribution in [0.1, 0.15) is 41.5 Å². The fraction of sp³-hybridized carbons (Fsp3) is 0.800. The van der Waals surface area contributed by atoms with Gasteiger partial charge in [0, 0.05) is 10.5 Å². The Balaban J connectivity index is 4.91. The lowest BCUT2D eigenvalue weighted by atomic mass is 9.94. The molecule has 0 aromatic heterocycles. The molecule has 0 aliphatic heterocycles. The van der Waals surface area contributed by atoms with Crippen LogP contribution in [0.5, 0.6) is 0 Å². The number of hydrogen-bond acceptors (Lipinski definition) is 7. The van der Waals surface area contributed by atoms with Gasteiger partial charge in [-0.25, -0.2) is 4.79 Å². The number of methoxy groups -OCH3 is 1. The predicted molar refractivity (Wildman–Crippen MR) is 84.6 cm³/mol. The number of ether oxygens (including phenoxy) is 3. The SMILES string of the molecule is COC(=O)C(C)(CSC(C)(C)C)C(=O)OC(=O)OCC(C)C. The molecule has 0 aliphatic rings. The van der Waals surface area contributed by atoms with Crippen LogP contribution in [0.2, 0.25) is 0 Å². The van der Waals surface area contributed by atoms with Crippen molar-refractivity contribution in [3.8, 4) is 0 Å². The second-order valence-electron chi connectivity index (χ2n) is 6.57. The highest BCUT2D eigenvalue weighted by atomic mass is 32.2. The fourth-order valence-corrected chi connectivity index (χ4v) is 2.20. The van der Waals surface area contributed by atoms with E-state index < -0.39 is 23.5 Å². The van der Waals surface area contributed by atoms with Crippen molar-refractivity contribution in [3.05, 3.63) is 0 Å². The molecular weight excluding hydrogens is 308 g/mol. The maximum absolute atomic E-state index is 12.2. The highest BCUT2D eigenvalue weighted by Gasteiger charge is 2.46. The Morgan fingerprint density at radius 1 is 1.05 bits per heavy atom. The van der Waals surface area contributed by atoms with E-state index in [9.17, 15) is 14.4 Å². The van der Waals surface area contributed by atoms with Gasteiger partial charge in [0.2, 0.25) is 0 Å². The fourth-order valence-electron chi connectivity index (χ4n) is 1.24. The smallest absolute Gasteiger partial charge is 0.468 e. The Bertz CT molecular complexity index is 413. The molecule has 0 heterocycles. The van der Waals surface area contributed by atoms with Gasteiger partial charge in [0.05, 0.1) is 13.7 Å². The highest BCUT2D eigenvalue weighted by molar-refractivity contribution is 8.00. The Morgan fingerprint density at radius 2 is 1.59 bits per heavy atom. The first-order valence-electron chi connectivity index (χ1n) is 7.04. The molecule has 6 nitrogen and oxygen atoms in total. The quantitative estimate of drug-likeness (QED) is 0.545. The van der Waals surface area contributed by atoms with Crippen molar-refractivity contribution in [2.75, 3.05) is 19.5 Å². The third-order valence-corrected chi connectivity index (χ3v) is 4.18. The van der Waals surface area contributed by atoms with E-state index in [1.165, 1.54) is 25.8 Å². The average Bonchev–Trinajstić information content (AvgIpc) is 2.40. The van der Waals surface area contributed by atoms with Crippen LogP contribution in [-0.4, -0.2) is 42.3 Å². The zero-order valence-electron chi connectivity index (χ0n) is 14.3. The first kappa shape index (κ1) is 20.8. The summed E-state index contributed by atoms with van der Waals surface area (Å²) in [7, 11) is 1.19. The van der Waals surface area contributed by atoms with Crippen LogP contribution in [0, 0.1) is 11.3 Å². The Labute approximate surface area is 136 Å². The summed E-state index contributed by atoms with van der Waals surface area (Å²) in [4.78, 5) is 35.6. The number of thioether (sulfide) groups is 1. The van der Waals surface area contributed by atoms with Gasteiger partial charge in [0.1, 0.15) is 0 Å². The van der Waals surface area contributed by atoms with Crippen molar-refractivity contribution in [3.63, 3.8) is 0 Å². The van der Waals surface area contributed by atoms with E-state index in [1.54, 1.807) is 0 Å². The van der Waals surface area contributed by atoms with Gasteiger partial charge in [-0.05, 0) is 12.8 Å². The highest BCUT2D eigenvalue weighted by Crippen LogP contribution is 2.33. The summed E-state index contributed by atoms with van der Waals surface area (Å²) in [6.07, 6.45) is -1.10. The Hall–Kier alpha value is -1.24. The molecule has 0 amide bonds. The van der Waals surface area contributed by atoms with Gasteiger partial charge < -0.3 is 14.2 Å². The largest absolute Gasteiger partial charge is 0.516 e. The van der Waals surface area contributed by atoms with Gasteiger partial charge in [0.15, 0.2) is 5.41 Å². The van der Waals surface area contributed by atoms with Crippen LogP contribution in [-0.2, 0) is 23.8 Å². The predicted octanol–water partition coefficient (Wildman–Crippen LogP) is 3.03. The van der Waals surface area contributed by atoms with Crippen molar-refractivity contribution in [2.45, 2.75) is 46.3 Å². The summed E-state index contributed by atoms with van der Waals surface area (Å²) < 4.78 is 13.9.